The maximum absolute atomic E-state index is 13.2. The Hall–Kier alpha value is -2.45. The Morgan fingerprint density at radius 2 is 1.83 bits per heavy atom. The number of alkyl halides is 3. The highest BCUT2D eigenvalue weighted by atomic mass is 19.4. The SMILES string of the molecule is O=C1C[C@@]2(COCCN(Cc3cccc(C(F)(F)F)c3)C2)CN1c1ccc(F)cc1. The summed E-state index contributed by atoms with van der Waals surface area (Å²) in [5, 5.41) is 0. The number of benzene rings is 2. The molecule has 2 aromatic carbocycles. The van der Waals surface area contributed by atoms with Crippen LogP contribution in [0.15, 0.2) is 48.5 Å². The summed E-state index contributed by atoms with van der Waals surface area (Å²) < 4.78 is 58.1. The highest BCUT2D eigenvalue weighted by Gasteiger charge is 2.46. The van der Waals surface area contributed by atoms with Crippen LogP contribution in [0.1, 0.15) is 17.5 Å². The minimum Gasteiger partial charge on any atom is -0.379 e. The predicted molar refractivity (Wildman–Crippen MR) is 103 cm³/mol. The first-order valence-corrected chi connectivity index (χ1v) is 9.76. The average Bonchev–Trinajstić information content (AvgIpc) is 2.88. The molecule has 30 heavy (non-hydrogen) atoms. The van der Waals surface area contributed by atoms with Crippen molar-refractivity contribution in [1.82, 2.24) is 4.90 Å². The zero-order valence-corrected chi connectivity index (χ0v) is 16.3. The maximum atomic E-state index is 13.2. The van der Waals surface area contributed by atoms with Gasteiger partial charge >= 0.3 is 6.18 Å². The monoisotopic (exact) mass is 422 g/mol. The Bertz CT molecular complexity index is 916. The van der Waals surface area contributed by atoms with Crippen molar-refractivity contribution >= 4 is 11.6 Å². The van der Waals surface area contributed by atoms with Gasteiger partial charge in [-0.15, -0.1) is 0 Å². The van der Waals surface area contributed by atoms with Crippen molar-refractivity contribution < 1.29 is 27.1 Å². The summed E-state index contributed by atoms with van der Waals surface area (Å²) in [6.45, 7) is 2.73. The Morgan fingerprint density at radius 3 is 2.57 bits per heavy atom. The fourth-order valence-corrected chi connectivity index (χ4v) is 4.28. The van der Waals surface area contributed by atoms with Crippen LogP contribution >= 0.6 is 0 Å². The van der Waals surface area contributed by atoms with Gasteiger partial charge in [-0.1, -0.05) is 18.2 Å². The van der Waals surface area contributed by atoms with Gasteiger partial charge in [-0.2, -0.15) is 13.2 Å². The van der Waals surface area contributed by atoms with E-state index in [0.717, 1.165) is 6.07 Å². The van der Waals surface area contributed by atoms with Crippen LogP contribution in [0.25, 0.3) is 0 Å². The quantitative estimate of drug-likeness (QED) is 0.699. The van der Waals surface area contributed by atoms with Gasteiger partial charge in [-0.3, -0.25) is 9.69 Å². The zero-order chi connectivity index (χ0) is 21.4. The lowest BCUT2D eigenvalue weighted by Gasteiger charge is -2.31. The van der Waals surface area contributed by atoms with E-state index in [1.54, 1.807) is 23.1 Å². The number of ether oxygens (including phenoxy) is 1. The molecule has 0 aromatic heterocycles. The normalized spacial score (nSPS) is 23.2. The highest BCUT2D eigenvalue weighted by Crippen LogP contribution is 2.37. The van der Waals surface area contributed by atoms with Crippen LogP contribution in [0, 0.1) is 11.2 Å². The van der Waals surface area contributed by atoms with Crippen LogP contribution in [-0.4, -0.2) is 43.7 Å². The average molecular weight is 422 g/mol. The molecule has 2 aromatic rings. The molecular formula is C22H22F4N2O2. The smallest absolute Gasteiger partial charge is 0.379 e. The van der Waals surface area contributed by atoms with E-state index in [-0.39, 0.29) is 18.1 Å². The van der Waals surface area contributed by atoms with Gasteiger partial charge in [0.15, 0.2) is 0 Å². The van der Waals surface area contributed by atoms with Crippen LogP contribution in [0.5, 0.6) is 0 Å². The van der Waals surface area contributed by atoms with E-state index in [9.17, 15) is 22.4 Å². The van der Waals surface area contributed by atoms with Gasteiger partial charge in [0.1, 0.15) is 5.82 Å². The molecule has 2 aliphatic heterocycles. The fraction of sp³-hybridized carbons (Fsp3) is 0.409. The Kier molecular flexibility index (Phi) is 5.55. The van der Waals surface area contributed by atoms with E-state index in [4.69, 9.17) is 4.74 Å². The van der Waals surface area contributed by atoms with Gasteiger partial charge < -0.3 is 9.64 Å². The predicted octanol–water partition coefficient (Wildman–Crippen LogP) is 4.10. The first-order valence-electron chi connectivity index (χ1n) is 9.76. The molecule has 2 aliphatic rings. The third-order valence-corrected chi connectivity index (χ3v) is 5.64. The summed E-state index contributed by atoms with van der Waals surface area (Å²) in [5.74, 6) is -0.434. The van der Waals surface area contributed by atoms with E-state index in [2.05, 4.69) is 0 Å². The van der Waals surface area contributed by atoms with Crippen molar-refractivity contribution in [3.05, 3.63) is 65.5 Å². The second-order valence-corrected chi connectivity index (χ2v) is 8.09. The number of hydrogen-bond acceptors (Lipinski definition) is 3. The lowest BCUT2D eigenvalue weighted by atomic mass is 9.87. The number of rotatable bonds is 3. The van der Waals surface area contributed by atoms with E-state index in [1.165, 1.54) is 24.3 Å². The molecule has 160 valence electrons. The number of nitrogens with zero attached hydrogens (tertiary/aromatic N) is 2. The molecule has 2 fully saturated rings. The van der Waals surface area contributed by atoms with Crippen molar-refractivity contribution in [2.75, 3.05) is 37.7 Å². The van der Waals surface area contributed by atoms with E-state index in [1.807, 2.05) is 4.90 Å². The van der Waals surface area contributed by atoms with Crippen LogP contribution in [0.2, 0.25) is 0 Å². The first kappa shape index (κ1) is 20.8. The van der Waals surface area contributed by atoms with Crippen molar-refractivity contribution in [3.8, 4) is 0 Å². The van der Waals surface area contributed by atoms with Crippen LogP contribution < -0.4 is 4.90 Å². The molecule has 1 amide bonds. The molecule has 0 bridgehead atoms. The zero-order valence-electron chi connectivity index (χ0n) is 16.3. The molecule has 0 N–H and O–H groups in total. The molecule has 4 rings (SSSR count). The molecule has 4 nitrogen and oxygen atoms in total. The topological polar surface area (TPSA) is 32.8 Å². The molecule has 2 heterocycles. The number of anilines is 1. The molecule has 1 atom stereocenters. The summed E-state index contributed by atoms with van der Waals surface area (Å²) in [6.07, 6.45) is -4.10. The van der Waals surface area contributed by atoms with Gasteiger partial charge in [0.05, 0.1) is 18.8 Å². The lowest BCUT2D eigenvalue weighted by Crippen LogP contribution is -2.40. The Morgan fingerprint density at radius 1 is 1.07 bits per heavy atom. The van der Waals surface area contributed by atoms with Gasteiger partial charge in [-0.05, 0) is 35.9 Å². The molecule has 2 saturated heterocycles. The summed E-state index contributed by atoms with van der Waals surface area (Å²) >= 11 is 0. The van der Waals surface area contributed by atoms with E-state index >= 15 is 0 Å². The van der Waals surface area contributed by atoms with Crippen LogP contribution in [0.4, 0.5) is 23.2 Å². The summed E-state index contributed by atoms with van der Waals surface area (Å²) in [6, 6.07) is 11.1. The molecule has 0 saturated carbocycles. The number of halogens is 4. The standard InChI is InChI=1S/C22H22F4N2O2/c23-18-4-6-19(7-5-18)28-14-21(11-20(28)29)13-27(8-9-30-15-21)12-16-2-1-3-17(10-16)22(24,25)26/h1-7,10H,8-9,11-15H2/t21-/m0/s1. The molecule has 0 unspecified atom stereocenters. The third-order valence-electron chi connectivity index (χ3n) is 5.64. The number of carbonyl (C=O) groups is 1. The number of amides is 1. The van der Waals surface area contributed by atoms with Crippen molar-refractivity contribution in [3.63, 3.8) is 0 Å². The van der Waals surface area contributed by atoms with Gasteiger partial charge in [0.2, 0.25) is 5.91 Å². The molecule has 1 spiro atoms. The van der Waals surface area contributed by atoms with Crippen molar-refractivity contribution in [1.29, 1.82) is 0 Å². The first-order chi connectivity index (χ1) is 14.2. The summed E-state index contributed by atoms with van der Waals surface area (Å²) in [5.41, 5.74) is 0.0803. The van der Waals surface area contributed by atoms with Crippen molar-refractivity contribution in [2.24, 2.45) is 5.41 Å². The highest BCUT2D eigenvalue weighted by molar-refractivity contribution is 5.96. The molecule has 0 aliphatic carbocycles. The number of hydrogen-bond donors (Lipinski definition) is 0. The van der Waals surface area contributed by atoms with E-state index < -0.39 is 17.2 Å². The summed E-state index contributed by atoms with van der Waals surface area (Å²) in [7, 11) is 0. The minimum atomic E-state index is -4.38. The van der Waals surface area contributed by atoms with Crippen molar-refractivity contribution in [2.45, 2.75) is 19.1 Å². The third kappa shape index (κ3) is 4.49. The second-order valence-electron chi connectivity index (χ2n) is 8.09. The Balaban J connectivity index is 1.50. The second kappa shape index (κ2) is 8.00. The van der Waals surface area contributed by atoms with Gasteiger partial charge in [0.25, 0.3) is 0 Å². The molecule has 0 radical (unpaired) electrons. The fourth-order valence-electron chi connectivity index (χ4n) is 4.28. The Labute approximate surface area is 172 Å². The van der Waals surface area contributed by atoms with Gasteiger partial charge in [-0.25, -0.2) is 4.39 Å². The largest absolute Gasteiger partial charge is 0.416 e. The molecule has 8 heteroatoms. The van der Waals surface area contributed by atoms with Gasteiger partial charge in [0, 0.05) is 43.7 Å². The van der Waals surface area contributed by atoms with Crippen LogP contribution in [0.3, 0.4) is 0 Å². The van der Waals surface area contributed by atoms with E-state index in [0.29, 0.717) is 50.6 Å². The number of carbonyl (C=O) groups excluding carboxylic acids is 1. The van der Waals surface area contributed by atoms with Crippen LogP contribution in [-0.2, 0) is 22.3 Å². The lowest BCUT2D eigenvalue weighted by molar-refractivity contribution is -0.137. The minimum absolute atomic E-state index is 0.0638. The summed E-state index contributed by atoms with van der Waals surface area (Å²) in [4.78, 5) is 16.4. The maximum Gasteiger partial charge on any atom is 0.416 e. The molecular weight excluding hydrogens is 400 g/mol.